The summed E-state index contributed by atoms with van der Waals surface area (Å²) in [6.45, 7) is 8.30. The largest absolute Gasteiger partial charge is 0.491 e. The lowest BCUT2D eigenvalue weighted by molar-refractivity contribution is -0.111. The van der Waals surface area contributed by atoms with Gasteiger partial charge in [-0.3, -0.25) is 14.5 Å². The summed E-state index contributed by atoms with van der Waals surface area (Å²) in [5, 5.41) is 0. The van der Waals surface area contributed by atoms with Gasteiger partial charge in [0.2, 0.25) is 11.6 Å². The second kappa shape index (κ2) is 7.80. The minimum absolute atomic E-state index is 0.110. The number of fused-ring (bicyclic) bond motifs is 1. The number of hydrogen-bond donors (Lipinski definition) is 0. The minimum atomic E-state index is -0.561. The van der Waals surface area contributed by atoms with Gasteiger partial charge in [-0.05, 0) is 26.0 Å². The highest BCUT2D eigenvalue weighted by molar-refractivity contribution is 6.50. The molecule has 1 aliphatic heterocycles. The molecule has 6 nitrogen and oxygen atoms in total. The van der Waals surface area contributed by atoms with Crippen molar-refractivity contribution in [1.29, 1.82) is 0 Å². The Labute approximate surface area is 147 Å². The van der Waals surface area contributed by atoms with Crippen molar-refractivity contribution in [2.75, 3.05) is 39.5 Å². The van der Waals surface area contributed by atoms with Gasteiger partial charge in [0, 0.05) is 31.3 Å². The zero-order valence-electron chi connectivity index (χ0n) is 14.6. The maximum absolute atomic E-state index is 12.2. The van der Waals surface area contributed by atoms with Gasteiger partial charge in [0.15, 0.2) is 0 Å². The van der Waals surface area contributed by atoms with Gasteiger partial charge in [-0.25, -0.2) is 0 Å². The van der Waals surface area contributed by atoms with Crippen LogP contribution in [-0.4, -0.2) is 62.0 Å². The SMILES string of the molecule is CC(C)OC1=CC(=O)C(=O)c2cccc(OCCN3CCOCC3)c21. The Morgan fingerprint density at radius 1 is 1.20 bits per heavy atom. The van der Waals surface area contributed by atoms with Crippen LogP contribution in [0.2, 0.25) is 0 Å². The summed E-state index contributed by atoms with van der Waals surface area (Å²) >= 11 is 0. The van der Waals surface area contributed by atoms with Gasteiger partial charge in [-0.2, -0.15) is 0 Å². The molecule has 0 bridgehead atoms. The van der Waals surface area contributed by atoms with E-state index < -0.39 is 11.6 Å². The maximum atomic E-state index is 12.2. The number of Topliss-reactive ketones (excluding diaryl/α,β-unsaturated/α-hetero) is 1. The molecule has 1 aliphatic carbocycles. The van der Waals surface area contributed by atoms with Gasteiger partial charge in [-0.15, -0.1) is 0 Å². The topological polar surface area (TPSA) is 65.1 Å². The number of rotatable bonds is 6. The first kappa shape index (κ1) is 17.6. The summed E-state index contributed by atoms with van der Waals surface area (Å²) in [7, 11) is 0. The zero-order valence-corrected chi connectivity index (χ0v) is 14.6. The fraction of sp³-hybridized carbons (Fsp3) is 0.474. The Hall–Kier alpha value is -2.18. The van der Waals surface area contributed by atoms with Gasteiger partial charge < -0.3 is 14.2 Å². The van der Waals surface area contributed by atoms with Crippen LogP contribution >= 0.6 is 0 Å². The summed E-state index contributed by atoms with van der Waals surface area (Å²) < 4.78 is 17.0. The second-order valence-electron chi connectivity index (χ2n) is 6.35. The minimum Gasteiger partial charge on any atom is -0.491 e. The molecule has 0 atom stereocenters. The van der Waals surface area contributed by atoms with Crippen molar-refractivity contribution in [2.24, 2.45) is 0 Å². The molecule has 0 spiro atoms. The lowest BCUT2D eigenvalue weighted by Crippen LogP contribution is -2.38. The van der Waals surface area contributed by atoms with Gasteiger partial charge >= 0.3 is 0 Å². The highest BCUT2D eigenvalue weighted by Gasteiger charge is 2.30. The van der Waals surface area contributed by atoms with Gasteiger partial charge in [0.1, 0.15) is 18.1 Å². The van der Waals surface area contributed by atoms with Crippen LogP contribution in [-0.2, 0) is 14.3 Å². The molecule has 3 rings (SSSR count). The van der Waals surface area contributed by atoms with E-state index in [0.29, 0.717) is 29.2 Å². The molecule has 1 saturated heterocycles. The molecule has 134 valence electrons. The number of allylic oxidation sites excluding steroid dienone is 1. The molecule has 1 aromatic rings. The third-order valence-electron chi connectivity index (χ3n) is 4.13. The molecule has 1 fully saturated rings. The lowest BCUT2D eigenvalue weighted by Gasteiger charge is -2.27. The first-order chi connectivity index (χ1) is 12.1. The summed E-state index contributed by atoms with van der Waals surface area (Å²) in [6.07, 6.45) is 1.15. The van der Waals surface area contributed by atoms with Crippen LogP contribution in [0.3, 0.4) is 0 Å². The fourth-order valence-electron chi connectivity index (χ4n) is 2.94. The standard InChI is InChI=1S/C19H23NO5/c1-13(2)25-17-12-15(21)19(22)14-4-3-5-16(18(14)17)24-11-8-20-6-9-23-10-7-20/h3-5,12-13H,6-11H2,1-2H3. The molecule has 0 unspecified atom stereocenters. The van der Waals surface area contributed by atoms with Crippen molar-refractivity contribution in [1.82, 2.24) is 4.90 Å². The van der Waals surface area contributed by atoms with E-state index in [-0.39, 0.29) is 6.10 Å². The van der Waals surface area contributed by atoms with E-state index in [1.807, 2.05) is 13.8 Å². The Bertz CT molecular complexity index is 689. The molecule has 2 aliphatic rings. The van der Waals surface area contributed by atoms with E-state index in [4.69, 9.17) is 14.2 Å². The van der Waals surface area contributed by atoms with Crippen molar-refractivity contribution in [2.45, 2.75) is 20.0 Å². The number of ether oxygens (including phenoxy) is 3. The average molecular weight is 345 g/mol. The number of ketones is 2. The van der Waals surface area contributed by atoms with Crippen LogP contribution in [0.25, 0.3) is 5.76 Å². The molecule has 1 heterocycles. The summed E-state index contributed by atoms with van der Waals surface area (Å²) in [6, 6.07) is 5.17. The quantitative estimate of drug-likeness (QED) is 0.734. The predicted octanol–water partition coefficient (Wildman–Crippen LogP) is 1.93. The number of morpholine rings is 1. The molecule has 0 aromatic heterocycles. The van der Waals surface area contributed by atoms with Crippen molar-refractivity contribution in [3.63, 3.8) is 0 Å². The van der Waals surface area contributed by atoms with Crippen molar-refractivity contribution < 1.29 is 23.8 Å². The number of benzene rings is 1. The summed E-state index contributed by atoms with van der Waals surface area (Å²) in [4.78, 5) is 26.4. The maximum Gasteiger partial charge on any atom is 0.233 e. The van der Waals surface area contributed by atoms with Gasteiger partial charge in [-0.1, -0.05) is 6.07 Å². The van der Waals surface area contributed by atoms with E-state index in [2.05, 4.69) is 4.90 Å². The van der Waals surface area contributed by atoms with Crippen LogP contribution in [0.1, 0.15) is 29.8 Å². The Kier molecular flexibility index (Phi) is 5.50. The monoisotopic (exact) mass is 345 g/mol. The van der Waals surface area contributed by atoms with Crippen molar-refractivity contribution in [3.05, 3.63) is 35.4 Å². The highest BCUT2D eigenvalue weighted by atomic mass is 16.5. The third-order valence-corrected chi connectivity index (χ3v) is 4.13. The van der Waals surface area contributed by atoms with Crippen LogP contribution in [0.15, 0.2) is 24.3 Å². The van der Waals surface area contributed by atoms with Crippen LogP contribution < -0.4 is 4.74 Å². The second-order valence-corrected chi connectivity index (χ2v) is 6.35. The lowest BCUT2D eigenvalue weighted by atomic mass is 9.93. The molecule has 0 amide bonds. The molecular formula is C19H23NO5. The normalized spacial score (nSPS) is 18.1. The van der Waals surface area contributed by atoms with E-state index in [1.165, 1.54) is 6.08 Å². The third kappa shape index (κ3) is 4.08. The Balaban J connectivity index is 1.78. The fourth-order valence-corrected chi connectivity index (χ4v) is 2.94. The Morgan fingerprint density at radius 2 is 1.96 bits per heavy atom. The van der Waals surface area contributed by atoms with Crippen LogP contribution in [0.5, 0.6) is 5.75 Å². The highest BCUT2D eigenvalue weighted by Crippen LogP contribution is 2.34. The number of hydrogen-bond acceptors (Lipinski definition) is 6. The van der Waals surface area contributed by atoms with E-state index in [0.717, 1.165) is 32.8 Å². The number of carbonyl (C=O) groups excluding carboxylic acids is 2. The predicted molar refractivity (Wildman–Crippen MR) is 92.7 cm³/mol. The van der Waals surface area contributed by atoms with Gasteiger partial charge in [0.05, 0.1) is 24.9 Å². The van der Waals surface area contributed by atoms with E-state index in [9.17, 15) is 9.59 Å². The molecule has 0 N–H and O–H groups in total. The number of carbonyl (C=O) groups is 2. The van der Waals surface area contributed by atoms with Crippen molar-refractivity contribution >= 4 is 17.3 Å². The molecule has 1 aromatic carbocycles. The van der Waals surface area contributed by atoms with Crippen LogP contribution in [0, 0.1) is 0 Å². The molecule has 0 radical (unpaired) electrons. The van der Waals surface area contributed by atoms with Crippen LogP contribution in [0.4, 0.5) is 0 Å². The molecule has 6 heteroatoms. The molecular weight excluding hydrogens is 322 g/mol. The Morgan fingerprint density at radius 3 is 2.68 bits per heavy atom. The van der Waals surface area contributed by atoms with E-state index >= 15 is 0 Å². The zero-order chi connectivity index (χ0) is 17.8. The first-order valence-electron chi connectivity index (χ1n) is 8.59. The molecule has 25 heavy (non-hydrogen) atoms. The number of nitrogens with zero attached hydrogens (tertiary/aromatic N) is 1. The average Bonchev–Trinajstić information content (AvgIpc) is 2.60. The van der Waals surface area contributed by atoms with Crippen molar-refractivity contribution in [3.8, 4) is 5.75 Å². The smallest absolute Gasteiger partial charge is 0.233 e. The summed E-state index contributed by atoms with van der Waals surface area (Å²) in [5.74, 6) is -0.117. The van der Waals surface area contributed by atoms with Gasteiger partial charge in [0.25, 0.3) is 0 Å². The summed E-state index contributed by atoms with van der Waals surface area (Å²) in [5.41, 5.74) is 0.912. The van der Waals surface area contributed by atoms with E-state index in [1.54, 1.807) is 18.2 Å². The first-order valence-corrected chi connectivity index (χ1v) is 8.59. The molecule has 0 saturated carbocycles.